The van der Waals surface area contributed by atoms with Crippen molar-refractivity contribution in [2.45, 2.75) is 6.42 Å². The maximum atomic E-state index is 9.12. The van der Waals surface area contributed by atoms with Crippen molar-refractivity contribution in [1.82, 2.24) is 9.97 Å². The summed E-state index contributed by atoms with van der Waals surface area (Å²) in [6.45, 7) is 0.0673. The van der Waals surface area contributed by atoms with Gasteiger partial charge in [0, 0.05) is 12.3 Å². The highest BCUT2D eigenvalue weighted by Crippen LogP contribution is 2.30. The Bertz CT molecular complexity index is 774. The second kappa shape index (κ2) is 5.76. The van der Waals surface area contributed by atoms with E-state index >= 15 is 0 Å². The third-order valence-corrected chi connectivity index (χ3v) is 3.18. The number of ether oxygens (including phenoxy) is 1. The lowest BCUT2D eigenvalue weighted by atomic mass is 10.1. The number of aliphatic hydroxyl groups is 1. The number of nitrogens with zero attached hydrogens (tertiary/aromatic N) is 2. The normalized spacial score (nSPS) is 10.7. The molecule has 0 saturated carbocycles. The highest BCUT2D eigenvalue weighted by molar-refractivity contribution is 5.86. The quantitative estimate of drug-likeness (QED) is 0.718. The van der Waals surface area contributed by atoms with Crippen LogP contribution in [0.25, 0.3) is 10.9 Å². The third-order valence-electron chi connectivity index (χ3n) is 3.18. The third kappa shape index (κ3) is 2.78. The van der Waals surface area contributed by atoms with Crippen LogP contribution < -0.4 is 10.5 Å². The molecule has 21 heavy (non-hydrogen) atoms. The minimum absolute atomic E-state index is 0.0673. The first-order valence-electron chi connectivity index (χ1n) is 6.65. The Kier molecular flexibility index (Phi) is 3.66. The van der Waals surface area contributed by atoms with E-state index in [1.165, 1.54) is 6.33 Å². The molecule has 0 aliphatic heterocycles. The van der Waals surface area contributed by atoms with Crippen LogP contribution >= 0.6 is 0 Å². The molecule has 1 aromatic heterocycles. The number of hydrogen-bond acceptors (Lipinski definition) is 5. The summed E-state index contributed by atoms with van der Waals surface area (Å²) >= 11 is 0. The van der Waals surface area contributed by atoms with Crippen LogP contribution in [0.4, 0.5) is 5.69 Å². The molecule has 0 atom stereocenters. The summed E-state index contributed by atoms with van der Waals surface area (Å²) in [6.07, 6.45) is 1.99. The fraction of sp³-hybridized carbons (Fsp3) is 0.125. The number of aliphatic hydroxyl groups excluding tert-OH is 1. The van der Waals surface area contributed by atoms with Crippen LogP contribution in [-0.4, -0.2) is 21.7 Å². The van der Waals surface area contributed by atoms with Gasteiger partial charge in [0.1, 0.15) is 12.1 Å². The van der Waals surface area contributed by atoms with Crippen molar-refractivity contribution in [3.63, 3.8) is 0 Å². The standard InChI is InChI=1S/C16H15N3O2/c17-12-5-6-14-13(9-12)16(19-10-18-14)21-15-4-2-1-3-11(15)7-8-20/h1-6,9-10,20H,7-8,17H2. The van der Waals surface area contributed by atoms with E-state index in [1.807, 2.05) is 30.3 Å². The van der Waals surface area contributed by atoms with Crippen LogP contribution in [0.5, 0.6) is 11.6 Å². The largest absolute Gasteiger partial charge is 0.438 e. The molecule has 0 unspecified atom stereocenters. The van der Waals surface area contributed by atoms with Gasteiger partial charge in [-0.2, -0.15) is 0 Å². The number of nitrogens with two attached hydrogens (primary N) is 1. The molecule has 0 amide bonds. The summed E-state index contributed by atoms with van der Waals surface area (Å²) in [6, 6.07) is 13.0. The van der Waals surface area contributed by atoms with E-state index in [1.54, 1.807) is 12.1 Å². The van der Waals surface area contributed by atoms with E-state index in [-0.39, 0.29) is 6.61 Å². The van der Waals surface area contributed by atoms with E-state index < -0.39 is 0 Å². The van der Waals surface area contributed by atoms with E-state index in [2.05, 4.69) is 9.97 Å². The van der Waals surface area contributed by atoms with Crippen molar-refractivity contribution in [2.24, 2.45) is 0 Å². The number of hydrogen-bond donors (Lipinski definition) is 2. The average molecular weight is 281 g/mol. The van der Waals surface area contributed by atoms with Gasteiger partial charge in [0.05, 0.1) is 10.9 Å². The average Bonchev–Trinajstić information content (AvgIpc) is 2.50. The highest BCUT2D eigenvalue weighted by atomic mass is 16.5. The minimum Gasteiger partial charge on any atom is -0.438 e. The summed E-state index contributed by atoms with van der Waals surface area (Å²) in [7, 11) is 0. The predicted octanol–water partition coefficient (Wildman–Crippen LogP) is 2.54. The molecule has 5 heteroatoms. The zero-order valence-electron chi connectivity index (χ0n) is 11.4. The Morgan fingerprint density at radius 2 is 1.95 bits per heavy atom. The Labute approximate surface area is 122 Å². The Morgan fingerprint density at radius 3 is 2.81 bits per heavy atom. The zero-order valence-corrected chi connectivity index (χ0v) is 11.4. The van der Waals surface area contributed by atoms with Crippen molar-refractivity contribution < 1.29 is 9.84 Å². The molecule has 0 saturated heterocycles. The topological polar surface area (TPSA) is 81.3 Å². The number of nitrogen functional groups attached to an aromatic ring is 1. The monoisotopic (exact) mass is 281 g/mol. The number of rotatable bonds is 4. The van der Waals surface area contributed by atoms with Gasteiger partial charge < -0.3 is 15.6 Å². The molecule has 106 valence electrons. The van der Waals surface area contributed by atoms with Crippen molar-refractivity contribution >= 4 is 16.6 Å². The smallest absolute Gasteiger partial charge is 0.230 e. The van der Waals surface area contributed by atoms with Gasteiger partial charge in [-0.25, -0.2) is 9.97 Å². The lowest BCUT2D eigenvalue weighted by Crippen LogP contribution is -1.97. The van der Waals surface area contributed by atoms with E-state index in [9.17, 15) is 0 Å². The fourth-order valence-corrected chi connectivity index (χ4v) is 2.17. The van der Waals surface area contributed by atoms with Crippen molar-refractivity contribution in [3.8, 4) is 11.6 Å². The maximum absolute atomic E-state index is 9.12. The molecule has 2 aromatic carbocycles. The van der Waals surface area contributed by atoms with Gasteiger partial charge >= 0.3 is 0 Å². The maximum Gasteiger partial charge on any atom is 0.230 e. The molecule has 0 bridgehead atoms. The molecular formula is C16H15N3O2. The first-order valence-corrected chi connectivity index (χ1v) is 6.65. The number of aromatic nitrogens is 2. The molecular weight excluding hydrogens is 266 g/mol. The van der Waals surface area contributed by atoms with Gasteiger partial charge in [0.2, 0.25) is 5.88 Å². The molecule has 0 aliphatic carbocycles. The minimum atomic E-state index is 0.0673. The number of benzene rings is 2. The molecule has 1 heterocycles. The molecule has 3 rings (SSSR count). The van der Waals surface area contributed by atoms with Crippen LogP contribution in [0, 0.1) is 0 Å². The molecule has 3 N–H and O–H groups in total. The van der Waals surface area contributed by atoms with Crippen LogP contribution in [0.1, 0.15) is 5.56 Å². The van der Waals surface area contributed by atoms with Crippen molar-refractivity contribution in [3.05, 3.63) is 54.4 Å². The van der Waals surface area contributed by atoms with Gasteiger partial charge in [-0.3, -0.25) is 0 Å². The van der Waals surface area contributed by atoms with Crippen molar-refractivity contribution in [2.75, 3.05) is 12.3 Å². The molecule has 0 fully saturated rings. The number of anilines is 1. The summed E-state index contributed by atoms with van der Waals surface area (Å²) in [5.74, 6) is 1.13. The Hall–Kier alpha value is -2.66. The van der Waals surface area contributed by atoms with Gasteiger partial charge in [-0.1, -0.05) is 18.2 Å². The Morgan fingerprint density at radius 1 is 1.10 bits per heavy atom. The highest BCUT2D eigenvalue weighted by Gasteiger charge is 2.09. The van der Waals surface area contributed by atoms with E-state index in [0.717, 1.165) is 16.5 Å². The molecule has 5 nitrogen and oxygen atoms in total. The zero-order chi connectivity index (χ0) is 14.7. The summed E-state index contributed by atoms with van der Waals surface area (Å²) in [5.41, 5.74) is 8.15. The van der Waals surface area contributed by atoms with Crippen molar-refractivity contribution in [1.29, 1.82) is 0 Å². The second-order valence-electron chi connectivity index (χ2n) is 4.64. The first kappa shape index (κ1) is 13.3. The SMILES string of the molecule is Nc1ccc2ncnc(Oc3ccccc3CCO)c2c1. The summed E-state index contributed by atoms with van der Waals surface area (Å²) in [5, 5.41) is 9.88. The molecule has 0 aliphatic rings. The molecule has 0 spiro atoms. The summed E-state index contributed by atoms with van der Waals surface area (Å²) in [4.78, 5) is 8.39. The van der Waals surface area contributed by atoms with Gasteiger partial charge in [0.15, 0.2) is 0 Å². The van der Waals surface area contributed by atoms with E-state index in [0.29, 0.717) is 23.7 Å². The second-order valence-corrected chi connectivity index (χ2v) is 4.64. The van der Waals surface area contributed by atoms with Crippen LogP contribution in [0.2, 0.25) is 0 Å². The lowest BCUT2D eigenvalue weighted by Gasteiger charge is -2.11. The van der Waals surface area contributed by atoms with Crippen LogP contribution in [0.15, 0.2) is 48.8 Å². The number of fused-ring (bicyclic) bond motifs is 1. The van der Waals surface area contributed by atoms with Crippen LogP contribution in [0.3, 0.4) is 0 Å². The molecule has 0 radical (unpaired) electrons. The number of para-hydroxylation sites is 1. The van der Waals surface area contributed by atoms with Gasteiger partial charge in [-0.15, -0.1) is 0 Å². The lowest BCUT2D eigenvalue weighted by molar-refractivity contribution is 0.297. The van der Waals surface area contributed by atoms with Gasteiger partial charge in [0.25, 0.3) is 0 Å². The Balaban J connectivity index is 2.04. The predicted molar refractivity (Wildman–Crippen MR) is 81.3 cm³/mol. The molecule has 3 aromatic rings. The fourth-order valence-electron chi connectivity index (χ4n) is 2.17. The van der Waals surface area contributed by atoms with Crippen LogP contribution in [-0.2, 0) is 6.42 Å². The summed E-state index contributed by atoms with van der Waals surface area (Å²) < 4.78 is 5.91. The first-order chi connectivity index (χ1) is 10.3. The van der Waals surface area contributed by atoms with E-state index in [4.69, 9.17) is 15.6 Å². The van der Waals surface area contributed by atoms with Gasteiger partial charge in [-0.05, 0) is 36.2 Å².